The first-order chi connectivity index (χ1) is 10.1. The van der Waals surface area contributed by atoms with Crippen molar-refractivity contribution >= 4 is 17.5 Å². The van der Waals surface area contributed by atoms with Crippen LogP contribution in [0.5, 0.6) is 0 Å². The number of amides is 2. The second-order valence-corrected chi connectivity index (χ2v) is 5.43. The van der Waals surface area contributed by atoms with Gasteiger partial charge in [0.15, 0.2) is 0 Å². The zero-order valence-corrected chi connectivity index (χ0v) is 12.7. The Labute approximate surface area is 125 Å². The number of nitrogens with one attached hydrogen (secondary N) is 3. The molecule has 0 bridgehead atoms. The van der Waals surface area contributed by atoms with Crippen LogP contribution in [0.2, 0.25) is 0 Å². The van der Waals surface area contributed by atoms with Gasteiger partial charge in [-0.05, 0) is 37.4 Å². The largest absolute Gasteiger partial charge is 0.359 e. The standard InChI is InChI=1S/C16H23N3O2/c1-3-16(9-6-10-18-16)15(21)19-13-8-5-4-7-12(13)11-14(20)17-2/h4-5,7-8,18H,3,6,9-11H2,1-2H3,(H,17,20)(H,19,21). The van der Waals surface area contributed by atoms with Crippen LogP contribution in [0.3, 0.4) is 0 Å². The van der Waals surface area contributed by atoms with Gasteiger partial charge in [-0.25, -0.2) is 0 Å². The first-order valence-electron chi connectivity index (χ1n) is 7.46. The number of para-hydroxylation sites is 1. The Kier molecular flexibility index (Phi) is 4.96. The Morgan fingerprint density at radius 3 is 2.71 bits per heavy atom. The summed E-state index contributed by atoms with van der Waals surface area (Å²) in [4.78, 5) is 24.2. The quantitative estimate of drug-likeness (QED) is 0.768. The topological polar surface area (TPSA) is 70.2 Å². The van der Waals surface area contributed by atoms with Crippen molar-refractivity contribution in [3.8, 4) is 0 Å². The summed E-state index contributed by atoms with van der Waals surface area (Å²) < 4.78 is 0. The summed E-state index contributed by atoms with van der Waals surface area (Å²) in [6, 6.07) is 7.45. The average molecular weight is 289 g/mol. The number of rotatable bonds is 5. The molecule has 2 rings (SSSR count). The van der Waals surface area contributed by atoms with Gasteiger partial charge in [0.05, 0.1) is 12.0 Å². The third-order valence-electron chi connectivity index (χ3n) is 4.18. The summed E-state index contributed by atoms with van der Waals surface area (Å²) in [5.74, 6) is -0.0762. The maximum Gasteiger partial charge on any atom is 0.244 e. The average Bonchev–Trinajstić information content (AvgIpc) is 2.99. The summed E-state index contributed by atoms with van der Waals surface area (Å²) in [7, 11) is 1.61. The Balaban J connectivity index is 2.15. The number of hydrogen-bond donors (Lipinski definition) is 3. The number of benzene rings is 1. The summed E-state index contributed by atoms with van der Waals surface area (Å²) in [6.45, 7) is 2.90. The van der Waals surface area contributed by atoms with Gasteiger partial charge in [-0.1, -0.05) is 25.1 Å². The van der Waals surface area contributed by atoms with E-state index < -0.39 is 5.54 Å². The van der Waals surface area contributed by atoms with Gasteiger partial charge in [0.25, 0.3) is 0 Å². The predicted molar refractivity (Wildman–Crippen MR) is 83.1 cm³/mol. The maximum atomic E-state index is 12.6. The second-order valence-electron chi connectivity index (χ2n) is 5.43. The van der Waals surface area contributed by atoms with Crippen LogP contribution >= 0.6 is 0 Å². The number of hydrogen-bond acceptors (Lipinski definition) is 3. The van der Waals surface area contributed by atoms with E-state index in [4.69, 9.17) is 0 Å². The molecule has 0 aromatic heterocycles. The molecule has 1 atom stereocenters. The Morgan fingerprint density at radius 1 is 1.33 bits per heavy atom. The lowest BCUT2D eigenvalue weighted by molar-refractivity contribution is -0.122. The van der Waals surface area contributed by atoms with Crippen molar-refractivity contribution in [1.29, 1.82) is 0 Å². The number of likely N-dealkylation sites (N-methyl/N-ethyl adjacent to an activating group) is 1. The third kappa shape index (κ3) is 3.42. The third-order valence-corrected chi connectivity index (χ3v) is 4.18. The van der Waals surface area contributed by atoms with Crippen LogP contribution in [0.25, 0.3) is 0 Å². The summed E-state index contributed by atoms with van der Waals surface area (Å²) in [5, 5.41) is 8.92. The molecule has 0 aliphatic carbocycles. The molecule has 1 aliphatic rings. The molecule has 5 nitrogen and oxygen atoms in total. The molecule has 3 N–H and O–H groups in total. The summed E-state index contributed by atoms with van der Waals surface area (Å²) in [5.41, 5.74) is 1.07. The fraction of sp³-hybridized carbons (Fsp3) is 0.500. The minimum atomic E-state index is -0.472. The van der Waals surface area contributed by atoms with Crippen molar-refractivity contribution in [3.05, 3.63) is 29.8 Å². The van der Waals surface area contributed by atoms with E-state index in [2.05, 4.69) is 16.0 Å². The zero-order valence-electron chi connectivity index (χ0n) is 12.7. The maximum absolute atomic E-state index is 12.6. The number of carbonyl (C=O) groups is 2. The zero-order chi connectivity index (χ0) is 15.3. The normalized spacial score (nSPS) is 21.0. The molecular formula is C16H23N3O2. The van der Waals surface area contributed by atoms with Crippen molar-refractivity contribution in [2.24, 2.45) is 0 Å². The minimum Gasteiger partial charge on any atom is -0.359 e. The molecule has 1 saturated heterocycles. The highest BCUT2D eigenvalue weighted by Gasteiger charge is 2.39. The van der Waals surface area contributed by atoms with E-state index in [-0.39, 0.29) is 18.2 Å². The van der Waals surface area contributed by atoms with Crippen LogP contribution in [0.15, 0.2) is 24.3 Å². The van der Waals surface area contributed by atoms with Crippen molar-refractivity contribution in [1.82, 2.24) is 10.6 Å². The molecule has 1 aromatic rings. The molecule has 5 heteroatoms. The molecule has 0 saturated carbocycles. The van der Waals surface area contributed by atoms with Gasteiger partial charge >= 0.3 is 0 Å². The lowest BCUT2D eigenvalue weighted by atomic mass is 9.93. The molecule has 21 heavy (non-hydrogen) atoms. The predicted octanol–water partition coefficient (Wildman–Crippen LogP) is 1.45. The SMILES string of the molecule is CCC1(C(=O)Nc2ccccc2CC(=O)NC)CCCN1. The van der Waals surface area contributed by atoms with Crippen molar-refractivity contribution in [2.75, 3.05) is 18.9 Å². The Bertz CT molecular complexity index is 522. The van der Waals surface area contributed by atoms with Crippen molar-refractivity contribution in [3.63, 3.8) is 0 Å². The highest BCUT2D eigenvalue weighted by Crippen LogP contribution is 2.26. The molecular weight excluding hydrogens is 266 g/mol. The van der Waals surface area contributed by atoms with Crippen LogP contribution in [0.1, 0.15) is 31.7 Å². The van der Waals surface area contributed by atoms with Crippen LogP contribution in [0, 0.1) is 0 Å². The van der Waals surface area contributed by atoms with Crippen LogP contribution in [-0.4, -0.2) is 30.9 Å². The van der Waals surface area contributed by atoms with Gasteiger partial charge in [-0.15, -0.1) is 0 Å². The van der Waals surface area contributed by atoms with E-state index >= 15 is 0 Å². The smallest absolute Gasteiger partial charge is 0.244 e. The van der Waals surface area contributed by atoms with E-state index in [1.807, 2.05) is 31.2 Å². The van der Waals surface area contributed by atoms with E-state index in [1.165, 1.54) is 0 Å². The summed E-state index contributed by atoms with van der Waals surface area (Å²) >= 11 is 0. The van der Waals surface area contributed by atoms with E-state index in [1.54, 1.807) is 7.05 Å². The van der Waals surface area contributed by atoms with Gasteiger partial charge in [-0.2, -0.15) is 0 Å². The molecule has 1 fully saturated rings. The van der Waals surface area contributed by atoms with Crippen LogP contribution < -0.4 is 16.0 Å². The lowest BCUT2D eigenvalue weighted by Crippen LogP contribution is -2.50. The van der Waals surface area contributed by atoms with Crippen molar-refractivity contribution < 1.29 is 9.59 Å². The number of anilines is 1. The molecule has 0 spiro atoms. The highest BCUT2D eigenvalue weighted by molar-refractivity contribution is 5.99. The fourth-order valence-electron chi connectivity index (χ4n) is 2.76. The molecule has 114 valence electrons. The first-order valence-corrected chi connectivity index (χ1v) is 7.46. The highest BCUT2D eigenvalue weighted by atomic mass is 16.2. The van der Waals surface area contributed by atoms with Crippen LogP contribution in [-0.2, 0) is 16.0 Å². The first kappa shape index (κ1) is 15.5. The molecule has 1 aliphatic heterocycles. The molecule has 1 unspecified atom stereocenters. The van der Waals surface area contributed by atoms with E-state index in [0.717, 1.165) is 31.4 Å². The van der Waals surface area contributed by atoms with Gasteiger partial charge < -0.3 is 16.0 Å². The minimum absolute atomic E-state index is 0.00754. The molecule has 2 amide bonds. The summed E-state index contributed by atoms with van der Waals surface area (Å²) in [6.07, 6.45) is 2.89. The monoisotopic (exact) mass is 289 g/mol. The van der Waals surface area contributed by atoms with Crippen LogP contribution in [0.4, 0.5) is 5.69 Å². The molecule has 1 aromatic carbocycles. The van der Waals surface area contributed by atoms with Gasteiger partial charge in [-0.3, -0.25) is 9.59 Å². The molecule has 0 radical (unpaired) electrons. The van der Waals surface area contributed by atoms with E-state index in [9.17, 15) is 9.59 Å². The van der Waals surface area contributed by atoms with Crippen molar-refractivity contribution in [2.45, 2.75) is 38.1 Å². The molecule has 1 heterocycles. The van der Waals surface area contributed by atoms with Gasteiger partial charge in [0, 0.05) is 12.7 Å². The fourth-order valence-corrected chi connectivity index (χ4v) is 2.76. The second kappa shape index (κ2) is 6.72. The Morgan fingerprint density at radius 2 is 2.10 bits per heavy atom. The van der Waals surface area contributed by atoms with E-state index in [0.29, 0.717) is 5.69 Å². The lowest BCUT2D eigenvalue weighted by Gasteiger charge is -2.27. The van der Waals surface area contributed by atoms with Gasteiger partial charge in [0.1, 0.15) is 0 Å². The number of carbonyl (C=O) groups excluding carboxylic acids is 2. The van der Waals surface area contributed by atoms with Gasteiger partial charge in [0.2, 0.25) is 11.8 Å². The Hall–Kier alpha value is -1.88.